The number of hydrogen-bond donors (Lipinski definition) is 0. The highest BCUT2D eigenvalue weighted by Gasteiger charge is 2.14. The maximum Gasteiger partial charge on any atom is 0.156 e. The molecule has 20 heavy (non-hydrogen) atoms. The van der Waals surface area contributed by atoms with Crippen LogP contribution in [0.2, 0.25) is 0 Å². The van der Waals surface area contributed by atoms with Gasteiger partial charge in [0.05, 0.1) is 0 Å². The number of nitrogens with zero attached hydrogens (tertiary/aromatic N) is 1. The maximum absolute atomic E-state index is 11.7. The smallest absolute Gasteiger partial charge is 0.156 e. The van der Waals surface area contributed by atoms with Crippen molar-refractivity contribution >= 4 is 5.78 Å². The van der Waals surface area contributed by atoms with E-state index < -0.39 is 0 Å². The summed E-state index contributed by atoms with van der Waals surface area (Å²) in [6, 6.07) is 0. The summed E-state index contributed by atoms with van der Waals surface area (Å²) in [5, 5.41) is 0. The topological polar surface area (TPSA) is 20.3 Å². The van der Waals surface area contributed by atoms with Gasteiger partial charge in [-0.25, -0.2) is 0 Å². The van der Waals surface area contributed by atoms with Gasteiger partial charge in [0.2, 0.25) is 0 Å². The minimum absolute atomic E-state index is 0.105. The largest absolute Gasteiger partial charge is 0.348 e. The second-order valence-electron chi connectivity index (χ2n) is 4.91. The fourth-order valence-corrected chi connectivity index (χ4v) is 2.01. The van der Waals surface area contributed by atoms with Crippen LogP contribution in [0.25, 0.3) is 0 Å². The van der Waals surface area contributed by atoms with Gasteiger partial charge in [0.25, 0.3) is 0 Å². The van der Waals surface area contributed by atoms with Crippen molar-refractivity contribution in [2.45, 2.75) is 27.2 Å². The Morgan fingerprint density at radius 3 is 2.45 bits per heavy atom. The SMILES string of the molecule is C=CC1=C(N(C)/C(C)=C(\C)C=C)C=C(C(C)=O)CC=C1. The minimum atomic E-state index is 0.105. The molecule has 0 spiro atoms. The quantitative estimate of drug-likeness (QED) is 0.693. The lowest BCUT2D eigenvalue weighted by Gasteiger charge is -2.24. The third-order valence-corrected chi connectivity index (χ3v) is 3.66. The maximum atomic E-state index is 11.7. The molecule has 0 fully saturated rings. The highest BCUT2D eigenvalue weighted by molar-refractivity contribution is 5.94. The van der Waals surface area contributed by atoms with Gasteiger partial charge >= 0.3 is 0 Å². The Morgan fingerprint density at radius 2 is 1.95 bits per heavy atom. The molecule has 0 saturated heterocycles. The molecule has 0 N–H and O–H groups in total. The van der Waals surface area contributed by atoms with Crippen LogP contribution < -0.4 is 0 Å². The zero-order valence-electron chi connectivity index (χ0n) is 12.9. The summed E-state index contributed by atoms with van der Waals surface area (Å²) in [7, 11) is 1.99. The van der Waals surface area contributed by atoms with Gasteiger partial charge in [-0.05, 0) is 44.4 Å². The summed E-state index contributed by atoms with van der Waals surface area (Å²) in [5.74, 6) is 0.105. The van der Waals surface area contributed by atoms with Crippen LogP contribution in [0.15, 0.2) is 71.7 Å². The first-order chi connectivity index (χ1) is 9.42. The summed E-state index contributed by atoms with van der Waals surface area (Å²) in [6.07, 6.45) is 10.3. The number of carbonyl (C=O) groups excluding carboxylic acids is 1. The van der Waals surface area contributed by atoms with Crippen molar-refractivity contribution < 1.29 is 4.79 Å². The van der Waals surface area contributed by atoms with Gasteiger partial charge in [0, 0.05) is 24.0 Å². The van der Waals surface area contributed by atoms with Gasteiger partial charge in [0.1, 0.15) is 0 Å². The molecule has 0 atom stereocenters. The molecule has 2 heteroatoms. The molecule has 0 aromatic carbocycles. The van der Waals surface area contributed by atoms with Crippen LogP contribution >= 0.6 is 0 Å². The molecule has 1 aliphatic carbocycles. The highest BCUT2D eigenvalue weighted by Crippen LogP contribution is 2.25. The predicted molar refractivity (Wildman–Crippen MR) is 86.1 cm³/mol. The van der Waals surface area contributed by atoms with Crippen molar-refractivity contribution in [2.75, 3.05) is 7.05 Å². The Kier molecular flexibility index (Phi) is 5.51. The third-order valence-electron chi connectivity index (χ3n) is 3.66. The molecule has 0 amide bonds. The first-order valence-electron chi connectivity index (χ1n) is 6.70. The lowest BCUT2D eigenvalue weighted by atomic mass is 10.1. The van der Waals surface area contributed by atoms with E-state index >= 15 is 0 Å². The van der Waals surface area contributed by atoms with E-state index in [9.17, 15) is 4.79 Å². The zero-order valence-corrected chi connectivity index (χ0v) is 12.9. The number of allylic oxidation sites excluding steroid dienone is 9. The van der Waals surface area contributed by atoms with Crippen molar-refractivity contribution in [2.24, 2.45) is 0 Å². The predicted octanol–water partition coefficient (Wildman–Crippen LogP) is 4.31. The average Bonchev–Trinajstić information content (AvgIpc) is 2.66. The molecule has 0 aliphatic heterocycles. The Hall–Kier alpha value is -2.09. The lowest BCUT2D eigenvalue weighted by Crippen LogP contribution is -2.17. The van der Waals surface area contributed by atoms with Gasteiger partial charge in [-0.3, -0.25) is 4.79 Å². The Bertz CT molecular complexity index is 556. The van der Waals surface area contributed by atoms with E-state index in [1.807, 2.05) is 51.3 Å². The van der Waals surface area contributed by atoms with Crippen molar-refractivity contribution in [1.29, 1.82) is 0 Å². The molecular weight excluding hydrogens is 246 g/mol. The van der Waals surface area contributed by atoms with Crippen molar-refractivity contribution in [3.63, 3.8) is 0 Å². The summed E-state index contributed by atoms with van der Waals surface area (Å²) in [4.78, 5) is 13.8. The number of likely N-dealkylation sites (N-methyl/N-ethyl adjacent to an activating group) is 1. The molecular formula is C18H23NO. The molecule has 1 rings (SSSR count). The van der Waals surface area contributed by atoms with Crippen LogP contribution in [0, 0.1) is 0 Å². The van der Waals surface area contributed by atoms with E-state index in [-0.39, 0.29) is 5.78 Å². The molecule has 0 aromatic rings. The highest BCUT2D eigenvalue weighted by atomic mass is 16.1. The first kappa shape index (κ1) is 16.0. The monoisotopic (exact) mass is 269 g/mol. The van der Waals surface area contributed by atoms with Crippen molar-refractivity contribution in [3.05, 3.63) is 71.7 Å². The Balaban J connectivity index is 3.41. The van der Waals surface area contributed by atoms with Gasteiger partial charge in [0.15, 0.2) is 5.78 Å². The number of ketones is 1. The number of rotatable bonds is 5. The van der Waals surface area contributed by atoms with Gasteiger partial charge in [-0.1, -0.05) is 37.5 Å². The van der Waals surface area contributed by atoms with E-state index in [0.717, 1.165) is 28.1 Å². The van der Waals surface area contributed by atoms with Gasteiger partial charge < -0.3 is 4.90 Å². The zero-order chi connectivity index (χ0) is 15.3. The number of Topliss-reactive ketones (excluding diaryl/α,β-unsaturated/α-hetero) is 1. The summed E-state index contributed by atoms with van der Waals surface area (Å²) in [5.41, 5.74) is 5.01. The number of carbonyl (C=O) groups is 1. The van der Waals surface area contributed by atoms with E-state index in [2.05, 4.69) is 18.1 Å². The van der Waals surface area contributed by atoms with Crippen LogP contribution in [-0.2, 0) is 4.79 Å². The summed E-state index contributed by atoms with van der Waals surface area (Å²) in [6.45, 7) is 13.3. The molecule has 0 bridgehead atoms. The molecule has 0 saturated carbocycles. The lowest BCUT2D eigenvalue weighted by molar-refractivity contribution is -0.113. The van der Waals surface area contributed by atoms with Crippen molar-refractivity contribution in [3.8, 4) is 0 Å². The third kappa shape index (κ3) is 3.47. The molecule has 0 radical (unpaired) electrons. The van der Waals surface area contributed by atoms with Gasteiger partial charge in [-0.15, -0.1) is 0 Å². The van der Waals surface area contributed by atoms with Crippen LogP contribution in [-0.4, -0.2) is 17.7 Å². The molecule has 2 nitrogen and oxygen atoms in total. The fourth-order valence-electron chi connectivity index (χ4n) is 2.01. The normalized spacial score (nSPS) is 16.1. The molecule has 0 unspecified atom stereocenters. The molecule has 106 valence electrons. The van der Waals surface area contributed by atoms with E-state index in [1.165, 1.54) is 0 Å². The molecule has 1 aliphatic rings. The number of hydrogen-bond acceptors (Lipinski definition) is 2. The summed E-state index contributed by atoms with van der Waals surface area (Å²) < 4.78 is 0. The van der Waals surface area contributed by atoms with E-state index in [0.29, 0.717) is 6.42 Å². The van der Waals surface area contributed by atoms with Crippen LogP contribution in [0.5, 0.6) is 0 Å². The van der Waals surface area contributed by atoms with E-state index in [4.69, 9.17) is 0 Å². The van der Waals surface area contributed by atoms with E-state index in [1.54, 1.807) is 6.92 Å². The van der Waals surface area contributed by atoms with Crippen LogP contribution in [0.1, 0.15) is 27.2 Å². The van der Waals surface area contributed by atoms with Crippen LogP contribution in [0.4, 0.5) is 0 Å². The average molecular weight is 269 g/mol. The molecule has 0 heterocycles. The minimum Gasteiger partial charge on any atom is -0.348 e. The molecule has 0 aromatic heterocycles. The fraction of sp³-hybridized carbons (Fsp3) is 0.278. The van der Waals surface area contributed by atoms with Crippen molar-refractivity contribution in [1.82, 2.24) is 4.90 Å². The second-order valence-corrected chi connectivity index (χ2v) is 4.91. The van der Waals surface area contributed by atoms with Crippen LogP contribution in [0.3, 0.4) is 0 Å². The van der Waals surface area contributed by atoms with Gasteiger partial charge in [-0.2, -0.15) is 0 Å². The Morgan fingerprint density at radius 1 is 1.30 bits per heavy atom. The summed E-state index contributed by atoms with van der Waals surface area (Å²) >= 11 is 0. The Labute approximate surface area is 122 Å². The second kappa shape index (κ2) is 6.90. The first-order valence-corrected chi connectivity index (χ1v) is 6.70. The standard InChI is InChI=1S/C18H23NO/c1-7-13(3)14(4)19(6)18-12-17(15(5)20)11-9-10-16(18)8-2/h7-10,12H,1-2,11H2,3-6H3/b14-13+.